The van der Waals surface area contributed by atoms with Gasteiger partial charge in [0.2, 0.25) is 0 Å². The van der Waals surface area contributed by atoms with Crippen LogP contribution in [0.5, 0.6) is 5.75 Å². The molecule has 0 aromatic heterocycles. The van der Waals surface area contributed by atoms with Crippen LogP contribution in [0.2, 0.25) is 5.02 Å². The molecule has 0 aliphatic carbocycles. The third-order valence-corrected chi connectivity index (χ3v) is 7.24. The molecule has 0 bridgehead atoms. The van der Waals surface area contributed by atoms with Crippen LogP contribution in [0.1, 0.15) is 13.8 Å². The first-order chi connectivity index (χ1) is 12.3. The van der Waals surface area contributed by atoms with Crippen molar-refractivity contribution in [2.75, 3.05) is 45.9 Å². The zero-order chi connectivity index (χ0) is 19.3. The zero-order valence-corrected chi connectivity index (χ0v) is 18.0. The number of benzene rings is 1. The molecule has 26 heavy (non-hydrogen) atoms. The fourth-order valence-corrected chi connectivity index (χ4v) is 5.11. The van der Waals surface area contributed by atoms with Crippen LogP contribution >= 0.6 is 27.5 Å². The van der Waals surface area contributed by atoms with E-state index in [-0.39, 0.29) is 25.6 Å². The van der Waals surface area contributed by atoms with Crippen LogP contribution in [0, 0.1) is 0 Å². The molecule has 1 aromatic carbocycles. The summed E-state index contributed by atoms with van der Waals surface area (Å²) >= 11 is 9.21. The average Bonchev–Trinajstić information content (AvgIpc) is 2.61. The van der Waals surface area contributed by atoms with Gasteiger partial charge in [-0.15, -0.1) is 0 Å². The highest BCUT2D eigenvalue weighted by molar-refractivity contribution is 9.10. The predicted molar refractivity (Wildman–Crippen MR) is 105 cm³/mol. The van der Waals surface area contributed by atoms with Crippen LogP contribution < -0.4 is 4.74 Å². The summed E-state index contributed by atoms with van der Waals surface area (Å²) in [6.45, 7) is 5.66. The van der Waals surface area contributed by atoms with Crippen molar-refractivity contribution in [2.45, 2.75) is 13.8 Å². The standard InChI is InChI=1S/C16H23BrClN3O4S/c1-3-20(4-2)26(23,24)21-9-7-19(8-10-21)16(22)12-25-15-6-5-13(18)11-14(15)17/h5-6,11H,3-4,7-10,12H2,1-2H3. The molecule has 0 saturated carbocycles. The predicted octanol–water partition coefficient (Wildman–Crippen LogP) is 2.21. The smallest absolute Gasteiger partial charge is 0.282 e. The van der Waals surface area contributed by atoms with Gasteiger partial charge in [0.1, 0.15) is 5.75 Å². The highest BCUT2D eigenvalue weighted by Gasteiger charge is 2.32. The fourth-order valence-electron chi connectivity index (χ4n) is 2.70. The minimum absolute atomic E-state index is 0.108. The maximum absolute atomic E-state index is 12.5. The Morgan fingerprint density at radius 1 is 1.23 bits per heavy atom. The van der Waals surface area contributed by atoms with Crippen LogP contribution in [0.4, 0.5) is 0 Å². The quantitative estimate of drug-likeness (QED) is 0.615. The van der Waals surface area contributed by atoms with Crippen molar-refractivity contribution in [3.8, 4) is 5.75 Å². The number of carbonyl (C=O) groups is 1. The first-order valence-corrected chi connectivity index (χ1v) is 11.0. The molecule has 2 rings (SSSR count). The highest BCUT2D eigenvalue weighted by atomic mass is 79.9. The van der Waals surface area contributed by atoms with Crippen molar-refractivity contribution in [1.29, 1.82) is 0 Å². The number of rotatable bonds is 7. The second-order valence-corrected chi connectivity index (χ2v) is 8.95. The SMILES string of the molecule is CCN(CC)S(=O)(=O)N1CCN(C(=O)COc2ccc(Cl)cc2Br)CC1. The Bertz CT molecular complexity index is 735. The molecule has 1 heterocycles. The monoisotopic (exact) mass is 467 g/mol. The fraction of sp³-hybridized carbons (Fsp3) is 0.562. The largest absolute Gasteiger partial charge is 0.483 e. The second kappa shape index (κ2) is 9.36. The van der Waals surface area contributed by atoms with E-state index in [1.54, 1.807) is 23.1 Å². The molecule has 7 nitrogen and oxygen atoms in total. The summed E-state index contributed by atoms with van der Waals surface area (Å²) in [7, 11) is -3.46. The molecule has 1 amide bonds. The molecule has 1 aliphatic rings. The van der Waals surface area contributed by atoms with Crippen LogP contribution in [-0.4, -0.2) is 73.7 Å². The maximum atomic E-state index is 12.5. The van der Waals surface area contributed by atoms with Crippen molar-refractivity contribution in [3.05, 3.63) is 27.7 Å². The van der Waals surface area contributed by atoms with E-state index in [4.69, 9.17) is 16.3 Å². The van der Waals surface area contributed by atoms with Crippen molar-refractivity contribution in [3.63, 3.8) is 0 Å². The number of hydrogen-bond acceptors (Lipinski definition) is 4. The van der Waals surface area contributed by atoms with E-state index >= 15 is 0 Å². The number of nitrogens with zero attached hydrogens (tertiary/aromatic N) is 3. The third-order valence-electron chi connectivity index (χ3n) is 4.19. The zero-order valence-electron chi connectivity index (χ0n) is 14.8. The van der Waals surface area contributed by atoms with E-state index < -0.39 is 10.2 Å². The van der Waals surface area contributed by atoms with E-state index in [2.05, 4.69) is 15.9 Å². The number of carbonyl (C=O) groups excluding carboxylic acids is 1. The van der Waals surface area contributed by atoms with Gasteiger partial charge in [-0.3, -0.25) is 4.79 Å². The van der Waals surface area contributed by atoms with Crippen molar-refractivity contribution in [2.24, 2.45) is 0 Å². The summed E-state index contributed by atoms with van der Waals surface area (Å²) in [5.74, 6) is 0.359. The van der Waals surface area contributed by atoms with Gasteiger partial charge in [0, 0.05) is 44.3 Å². The van der Waals surface area contributed by atoms with Crippen LogP contribution in [-0.2, 0) is 15.0 Å². The Balaban J connectivity index is 1.88. The summed E-state index contributed by atoms with van der Waals surface area (Å²) in [5, 5.41) is 0.570. The molecule has 10 heteroatoms. The number of hydrogen-bond donors (Lipinski definition) is 0. The van der Waals surface area contributed by atoms with E-state index in [9.17, 15) is 13.2 Å². The summed E-state index contributed by atoms with van der Waals surface area (Å²) in [6.07, 6.45) is 0. The molecule has 146 valence electrons. The topological polar surface area (TPSA) is 70.2 Å². The van der Waals surface area contributed by atoms with Crippen LogP contribution in [0.25, 0.3) is 0 Å². The van der Waals surface area contributed by atoms with E-state index in [0.29, 0.717) is 41.4 Å². The molecular weight excluding hydrogens is 446 g/mol. The van der Waals surface area contributed by atoms with E-state index in [1.165, 1.54) is 8.61 Å². The number of halogens is 2. The Kier molecular flexibility index (Phi) is 7.72. The van der Waals surface area contributed by atoms with Gasteiger partial charge in [-0.05, 0) is 34.1 Å². The maximum Gasteiger partial charge on any atom is 0.282 e. The summed E-state index contributed by atoms with van der Waals surface area (Å²) in [6, 6.07) is 5.06. The van der Waals surface area contributed by atoms with Gasteiger partial charge in [-0.25, -0.2) is 0 Å². The summed E-state index contributed by atoms with van der Waals surface area (Å²) in [5.41, 5.74) is 0. The van der Waals surface area contributed by atoms with Crippen LogP contribution in [0.15, 0.2) is 22.7 Å². The first kappa shape index (κ1) is 21.4. The van der Waals surface area contributed by atoms with Crippen molar-refractivity contribution < 1.29 is 17.9 Å². The summed E-state index contributed by atoms with van der Waals surface area (Å²) in [4.78, 5) is 14.0. The Labute approximate surface area is 168 Å². The minimum atomic E-state index is -3.46. The summed E-state index contributed by atoms with van der Waals surface area (Å²) < 4.78 is 34.1. The van der Waals surface area contributed by atoms with Gasteiger partial charge < -0.3 is 9.64 Å². The minimum Gasteiger partial charge on any atom is -0.483 e. The molecule has 1 aliphatic heterocycles. The van der Waals surface area contributed by atoms with Gasteiger partial charge in [0.05, 0.1) is 4.47 Å². The molecule has 0 N–H and O–H groups in total. The molecule has 1 fully saturated rings. The lowest BCUT2D eigenvalue weighted by molar-refractivity contribution is -0.134. The van der Waals surface area contributed by atoms with Gasteiger partial charge >= 0.3 is 0 Å². The van der Waals surface area contributed by atoms with E-state index in [0.717, 1.165) is 0 Å². The van der Waals surface area contributed by atoms with Gasteiger partial charge in [0.25, 0.3) is 16.1 Å². The molecule has 0 atom stereocenters. The van der Waals surface area contributed by atoms with Gasteiger partial charge in [-0.2, -0.15) is 17.0 Å². The Hall–Kier alpha value is -0.870. The number of amides is 1. The normalized spacial score (nSPS) is 16.1. The van der Waals surface area contributed by atoms with E-state index in [1.807, 2.05) is 13.8 Å². The molecule has 1 saturated heterocycles. The van der Waals surface area contributed by atoms with Gasteiger partial charge in [0.15, 0.2) is 6.61 Å². The Morgan fingerprint density at radius 3 is 2.38 bits per heavy atom. The molecule has 0 unspecified atom stereocenters. The highest BCUT2D eigenvalue weighted by Crippen LogP contribution is 2.28. The second-order valence-electron chi connectivity index (χ2n) is 5.74. The number of ether oxygens (including phenoxy) is 1. The van der Waals surface area contributed by atoms with Crippen molar-refractivity contribution in [1.82, 2.24) is 13.5 Å². The molecular formula is C16H23BrClN3O4S. The first-order valence-electron chi connectivity index (χ1n) is 8.40. The van der Waals surface area contributed by atoms with Crippen molar-refractivity contribution >= 4 is 43.6 Å². The lowest BCUT2D eigenvalue weighted by Gasteiger charge is -2.36. The third kappa shape index (κ3) is 5.10. The lowest BCUT2D eigenvalue weighted by atomic mass is 10.3. The molecule has 0 spiro atoms. The Morgan fingerprint density at radius 2 is 1.85 bits per heavy atom. The number of piperazine rings is 1. The molecule has 1 aromatic rings. The molecule has 0 radical (unpaired) electrons. The average molecular weight is 469 g/mol. The van der Waals surface area contributed by atoms with Crippen LogP contribution in [0.3, 0.4) is 0 Å². The van der Waals surface area contributed by atoms with Gasteiger partial charge in [-0.1, -0.05) is 25.4 Å². The lowest BCUT2D eigenvalue weighted by Crippen LogP contribution is -2.54.